The molecular formula is C18H38IN3O. The van der Waals surface area contributed by atoms with Crippen molar-refractivity contribution >= 4 is 29.9 Å². The molecule has 0 saturated carbocycles. The molecule has 1 aliphatic heterocycles. The van der Waals surface area contributed by atoms with Crippen LogP contribution >= 0.6 is 24.0 Å². The van der Waals surface area contributed by atoms with Gasteiger partial charge in [0.2, 0.25) is 0 Å². The molecule has 5 heteroatoms. The minimum absolute atomic E-state index is 0. The number of unbranched alkanes of at least 4 members (excludes halogenated alkanes) is 2. The monoisotopic (exact) mass is 439 g/mol. The van der Waals surface area contributed by atoms with E-state index < -0.39 is 0 Å². The van der Waals surface area contributed by atoms with Crippen LogP contribution < -0.4 is 5.32 Å². The molecule has 0 amide bonds. The van der Waals surface area contributed by atoms with Crippen LogP contribution in [-0.2, 0) is 4.74 Å². The smallest absolute Gasteiger partial charge is 0.193 e. The summed E-state index contributed by atoms with van der Waals surface area (Å²) in [5.41, 5.74) is 0. The lowest BCUT2D eigenvalue weighted by Crippen LogP contribution is -2.40. The molecular weight excluding hydrogens is 401 g/mol. The standard InChI is InChI=1S/C18H37N3O.HI/c1-5-16(6-2)17-11-13-21(15-17)18(19-7-3)20-12-9-8-10-14-22-4;/h16-17H,5-15H2,1-4H3,(H,19,20);1H. The summed E-state index contributed by atoms with van der Waals surface area (Å²) in [6.45, 7) is 11.9. The molecule has 1 heterocycles. The molecule has 0 aliphatic carbocycles. The Morgan fingerprint density at radius 1 is 1.22 bits per heavy atom. The van der Waals surface area contributed by atoms with Gasteiger partial charge in [0.05, 0.1) is 0 Å². The zero-order chi connectivity index (χ0) is 16.2. The first-order chi connectivity index (χ1) is 10.8. The largest absolute Gasteiger partial charge is 0.385 e. The quantitative estimate of drug-likeness (QED) is 0.241. The zero-order valence-corrected chi connectivity index (χ0v) is 18.0. The van der Waals surface area contributed by atoms with Crippen molar-refractivity contribution < 1.29 is 4.74 Å². The molecule has 1 unspecified atom stereocenters. The molecule has 0 radical (unpaired) electrons. The lowest BCUT2D eigenvalue weighted by Gasteiger charge is -2.24. The van der Waals surface area contributed by atoms with Gasteiger partial charge in [-0.25, -0.2) is 0 Å². The number of likely N-dealkylation sites (tertiary alicyclic amines) is 1. The van der Waals surface area contributed by atoms with Gasteiger partial charge < -0.3 is 15.0 Å². The number of aliphatic imine (C=N–C) groups is 1. The number of ether oxygens (including phenoxy) is 1. The van der Waals surface area contributed by atoms with Crippen molar-refractivity contribution in [1.29, 1.82) is 0 Å². The van der Waals surface area contributed by atoms with Crippen LogP contribution in [-0.4, -0.2) is 50.8 Å². The lowest BCUT2D eigenvalue weighted by atomic mass is 9.87. The first kappa shape index (κ1) is 23.0. The van der Waals surface area contributed by atoms with Gasteiger partial charge in [-0.15, -0.1) is 24.0 Å². The highest BCUT2D eigenvalue weighted by Crippen LogP contribution is 2.28. The van der Waals surface area contributed by atoms with Crippen molar-refractivity contribution in [2.45, 2.75) is 59.3 Å². The Morgan fingerprint density at radius 3 is 2.57 bits per heavy atom. The van der Waals surface area contributed by atoms with Crippen molar-refractivity contribution in [3.63, 3.8) is 0 Å². The van der Waals surface area contributed by atoms with Crippen LogP contribution in [0.4, 0.5) is 0 Å². The van der Waals surface area contributed by atoms with Crippen LogP contribution in [0.3, 0.4) is 0 Å². The van der Waals surface area contributed by atoms with Crippen LogP contribution in [0.15, 0.2) is 4.99 Å². The number of guanidine groups is 1. The molecule has 0 aromatic rings. The third-order valence-corrected chi connectivity index (χ3v) is 4.84. The molecule has 1 atom stereocenters. The van der Waals surface area contributed by atoms with Gasteiger partial charge in [0.15, 0.2) is 5.96 Å². The Labute approximate surface area is 160 Å². The Hall–Kier alpha value is -0.0400. The van der Waals surface area contributed by atoms with E-state index >= 15 is 0 Å². The van der Waals surface area contributed by atoms with E-state index in [9.17, 15) is 0 Å². The van der Waals surface area contributed by atoms with E-state index in [2.05, 4.69) is 31.0 Å². The number of hydrogen-bond acceptors (Lipinski definition) is 2. The predicted octanol–water partition coefficient (Wildman–Crippen LogP) is 4.14. The van der Waals surface area contributed by atoms with Crippen LogP contribution in [0.5, 0.6) is 0 Å². The van der Waals surface area contributed by atoms with Crippen molar-refractivity contribution in [3.05, 3.63) is 0 Å². The van der Waals surface area contributed by atoms with Gasteiger partial charge >= 0.3 is 0 Å². The maximum Gasteiger partial charge on any atom is 0.193 e. The van der Waals surface area contributed by atoms with Crippen LogP contribution in [0.2, 0.25) is 0 Å². The molecule has 1 saturated heterocycles. The number of hydrogen-bond donors (Lipinski definition) is 1. The number of rotatable bonds is 10. The summed E-state index contributed by atoms with van der Waals surface area (Å²) in [7, 11) is 1.77. The molecule has 0 spiro atoms. The second-order valence-electron chi connectivity index (χ2n) is 6.36. The summed E-state index contributed by atoms with van der Waals surface area (Å²) in [5, 5.41) is 3.47. The van der Waals surface area contributed by atoms with E-state index in [0.29, 0.717) is 0 Å². The minimum Gasteiger partial charge on any atom is -0.385 e. The van der Waals surface area contributed by atoms with E-state index in [4.69, 9.17) is 9.73 Å². The Morgan fingerprint density at radius 2 is 1.96 bits per heavy atom. The van der Waals surface area contributed by atoms with E-state index in [-0.39, 0.29) is 24.0 Å². The number of nitrogens with zero attached hydrogens (tertiary/aromatic N) is 2. The second-order valence-corrected chi connectivity index (χ2v) is 6.36. The average molecular weight is 439 g/mol. The number of halogens is 1. The van der Waals surface area contributed by atoms with Gasteiger partial charge in [-0.1, -0.05) is 26.7 Å². The first-order valence-corrected chi connectivity index (χ1v) is 9.28. The molecule has 1 rings (SSSR count). The Bertz CT molecular complexity index is 309. The summed E-state index contributed by atoms with van der Waals surface area (Å²) in [5.74, 6) is 2.85. The molecule has 0 aromatic heterocycles. The molecule has 0 bridgehead atoms. The van der Waals surface area contributed by atoms with E-state index in [0.717, 1.165) is 56.9 Å². The fraction of sp³-hybridized carbons (Fsp3) is 0.944. The van der Waals surface area contributed by atoms with Gasteiger partial charge in [-0.3, -0.25) is 4.99 Å². The van der Waals surface area contributed by atoms with E-state index in [1.165, 1.54) is 32.2 Å². The molecule has 1 fully saturated rings. The summed E-state index contributed by atoms with van der Waals surface area (Å²) < 4.78 is 5.09. The molecule has 23 heavy (non-hydrogen) atoms. The van der Waals surface area contributed by atoms with Crippen LogP contribution in [0.25, 0.3) is 0 Å². The minimum atomic E-state index is 0. The summed E-state index contributed by atoms with van der Waals surface area (Å²) in [4.78, 5) is 7.30. The maximum atomic E-state index is 5.09. The average Bonchev–Trinajstić information content (AvgIpc) is 3.00. The van der Waals surface area contributed by atoms with Gasteiger partial charge in [0.25, 0.3) is 0 Å². The number of methoxy groups -OCH3 is 1. The normalized spacial score (nSPS) is 18.4. The van der Waals surface area contributed by atoms with Crippen LogP contribution in [0.1, 0.15) is 59.3 Å². The fourth-order valence-electron chi connectivity index (χ4n) is 3.47. The van der Waals surface area contributed by atoms with Crippen LogP contribution in [0, 0.1) is 11.8 Å². The van der Waals surface area contributed by atoms with E-state index in [1.807, 2.05) is 0 Å². The Balaban J connectivity index is 0.00000484. The van der Waals surface area contributed by atoms with Gasteiger partial charge in [0.1, 0.15) is 0 Å². The molecule has 1 aliphatic rings. The highest BCUT2D eigenvalue weighted by atomic mass is 127. The van der Waals surface area contributed by atoms with E-state index in [1.54, 1.807) is 7.11 Å². The lowest BCUT2D eigenvalue weighted by molar-refractivity contribution is 0.192. The second kappa shape index (κ2) is 14.3. The Kier molecular flexibility index (Phi) is 14.3. The molecule has 138 valence electrons. The third-order valence-electron chi connectivity index (χ3n) is 4.84. The molecule has 1 N–H and O–H groups in total. The number of nitrogens with one attached hydrogen (secondary N) is 1. The van der Waals surface area contributed by atoms with Crippen molar-refractivity contribution in [3.8, 4) is 0 Å². The topological polar surface area (TPSA) is 36.9 Å². The summed E-state index contributed by atoms with van der Waals surface area (Å²) in [6, 6.07) is 0. The summed E-state index contributed by atoms with van der Waals surface area (Å²) >= 11 is 0. The van der Waals surface area contributed by atoms with Gasteiger partial charge in [-0.05, 0) is 44.4 Å². The maximum absolute atomic E-state index is 5.09. The predicted molar refractivity (Wildman–Crippen MR) is 111 cm³/mol. The van der Waals surface area contributed by atoms with Crippen molar-refractivity contribution in [2.24, 2.45) is 16.8 Å². The summed E-state index contributed by atoms with van der Waals surface area (Å²) in [6.07, 6.45) is 7.44. The van der Waals surface area contributed by atoms with Crippen molar-refractivity contribution in [2.75, 3.05) is 39.9 Å². The highest BCUT2D eigenvalue weighted by molar-refractivity contribution is 14.0. The fourth-order valence-corrected chi connectivity index (χ4v) is 3.47. The SMILES string of the molecule is CCNC(=NCCCCCOC)N1CCC(C(CC)CC)C1.I. The third kappa shape index (κ3) is 8.57. The van der Waals surface area contributed by atoms with Gasteiger partial charge in [-0.2, -0.15) is 0 Å². The first-order valence-electron chi connectivity index (χ1n) is 9.28. The van der Waals surface area contributed by atoms with Gasteiger partial charge in [0, 0.05) is 39.9 Å². The highest BCUT2D eigenvalue weighted by Gasteiger charge is 2.29. The van der Waals surface area contributed by atoms with Crippen molar-refractivity contribution in [1.82, 2.24) is 10.2 Å². The molecule has 0 aromatic carbocycles. The zero-order valence-electron chi connectivity index (χ0n) is 15.6. The molecule has 4 nitrogen and oxygen atoms in total.